The second-order valence-electron chi connectivity index (χ2n) is 2.07. The van der Waals surface area contributed by atoms with Crippen molar-refractivity contribution >= 4 is 11.8 Å². The Labute approximate surface area is 59.6 Å². The second kappa shape index (κ2) is 2.14. The van der Waals surface area contributed by atoms with Crippen molar-refractivity contribution in [2.75, 3.05) is 5.32 Å². The summed E-state index contributed by atoms with van der Waals surface area (Å²) in [5.41, 5.74) is 2.18. The van der Waals surface area contributed by atoms with Gasteiger partial charge in [-0.3, -0.25) is 4.98 Å². The van der Waals surface area contributed by atoms with E-state index < -0.39 is 0 Å². The maximum atomic E-state index is 3.96. The summed E-state index contributed by atoms with van der Waals surface area (Å²) in [7, 11) is 0. The molecule has 2 heterocycles. The Balaban J connectivity index is 2.54. The molecule has 0 fully saturated rings. The van der Waals surface area contributed by atoms with Crippen LogP contribution in [0, 0.1) is 6.54 Å². The van der Waals surface area contributed by atoms with Crippen LogP contribution in [-0.2, 0) is 0 Å². The minimum absolute atomic E-state index is 1.02. The first-order valence-electron chi connectivity index (χ1n) is 3.09. The van der Waals surface area contributed by atoms with Crippen LogP contribution in [0.3, 0.4) is 0 Å². The van der Waals surface area contributed by atoms with Crippen molar-refractivity contribution in [1.29, 1.82) is 0 Å². The summed E-state index contributed by atoms with van der Waals surface area (Å²) >= 11 is 0. The molecule has 0 spiro atoms. The number of fused-ring (bicyclic) bond motifs is 1. The highest BCUT2D eigenvalue weighted by Crippen LogP contribution is 2.18. The van der Waals surface area contributed by atoms with Crippen molar-refractivity contribution in [3.8, 4) is 0 Å². The molecule has 1 aromatic heterocycles. The molecule has 2 rings (SSSR count). The van der Waals surface area contributed by atoms with Crippen LogP contribution in [0.4, 0.5) is 5.69 Å². The fourth-order valence-electron chi connectivity index (χ4n) is 0.906. The molecule has 2 nitrogen and oxygen atoms in total. The van der Waals surface area contributed by atoms with Gasteiger partial charge in [-0.15, -0.1) is 0 Å². The predicted molar refractivity (Wildman–Crippen MR) is 40.1 cm³/mol. The van der Waals surface area contributed by atoms with Gasteiger partial charge in [-0.25, -0.2) is 0 Å². The first-order chi connectivity index (χ1) is 4.97. The van der Waals surface area contributed by atoms with Gasteiger partial charge in [-0.1, -0.05) is 12.2 Å². The van der Waals surface area contributed by atoms with Gasteiger partial charge in [0, 0.05) is 11.8 Å². The van der Waals surface area contributed by atoms with Gasteiger partial charge in [-0.05, 0) is 6.07 Å². The van der Waals surface area contributed by atoms with E-state index in [1.807, 2.05) is 18.2 Å². The Hall–Kier alpha value is -1.31. The van der Waals surface area contributed by atoms with E-state index >= 15 is 0 Å². The van der Waals surface area contributed by atoms with E-state index in [-0.39, 0.29) is 0 Å². The van der Waals surface area contributed by atoms with E-state index in [0.717, 1.165) is 11.3 Å². The topological polar surface area (TPSA) is 24.9 Å². The molecule has 0 amide bonds. The van der Waals surface area contributed by atoms with E-state index in [1.54, 1.807) is 12.4 Å². The maximum absolute atomic E-state index is 3.96. The number of aromatic nitrogens is 1. The number of rotatable bonds is 0. The summed E-state index contributed by atoms with van der Waals surface area (Å²) in [6.07, 6.45) is 7.40. The average molecular weight is 130 g/mol. The van der Waals surface area contributed by atoms with E-state index in [1.165, 1.54) is 0 Å². The van der Waals surface area contributed by atoms with Crippen molar-refractivity contribution in [3.63, 3.8) is 0 Å². The molecule has 1 aliphatic rings. The van der Waals surface area contributed by atoms with Crippen LogP contribution < -0.4 is 5.32 Å². The first kappa shape index (κ1) is 5.47. The monoisotopic (exact) mass is 130 g/mol. The lowest BCUT2D eigenvalue weighted by Gasteiger charge is -2.09. The molecular formula is C8H6N2. The second-order valence-corrected chi connectivity index (χ2v) is 2.07. The van der Waals surface area contributed by atoms with Crippen molar-refractivity contribution < 1.29 is 0 Å². The highest BCUT2D eigenvalue weighted by atomic mass is 14.9. The SMILES string of the molecule is [C]1C=Cc2ccncc2N1. The third kappa shape index (κ3) is 0.778. The van der Waals surface area contributed by atoms with Gasteiger partial charge in [0.2, 0.25) is 0 Å². The van der Waals surface area contributed by atoms with Gasteiger partial charge in [0.15, 0.2) is 0 Å². The van der Waals surface area contributed by atoms with Crippen molar-refractivity contribution in [3.05, 3.63) is 36.6 Å². The lowest BCUT2D eigenvalue weighted by molar-refractivity contribution is 1.29. The first-order valence-corrected chi connectivity index (χ1v) is 3.09. The minimum Gasteiger partial charge on any atom is -0.369 e. The van der Waals surface area contributed by atoms with Crippen LogP contribution >= 0.6 is 0 Å². The van der Waals surface area contributed by atoms with E-state index in [2.05, 4.69) is 16.8 Å². The lowest BCUT2D eigenvalue weighted by Crippen LogP contribution is -1.98. The van der Waals surface area contributed by atoms with E-state index in [4.69, 9.17) is 0 Å². The van der Waals surface area contributed by atoms with Gasteiger partial charge in [0.25, 0.3) is 0 Å². The fraction of sp³-hybridized carbons (Fsp3) is 0. The molecule has 2 radical (unpaired) electrons. The number of anilines is 1. The molecule has 0 aliphatic carbocycles. The van der Waals surface area contributed by atoms with Gasteiger partial charge < -0.3 is 5.32 Å². The summed E-state index contributed by atoms with van der Waals surface area (Å²) in [6.45, 7) is 2.87. The summed E-state index contributed by atoms with van der Waals surface area (Å²) in [6, 6.07) is 1.96. The Morgan fingerprint density at radius 3 is 3.40 bits per heavy atom. The average Bonchev–Trinajstić information content (AvgIpc) is 2.05. The molecule has 0 saturated carbocycles. The predicted octanol–water partition coefficient (Wildman–Crippen LogP) is 1.56. The zero-order valence-electron chi connectivity index (χ0n) is 5.33. The number of nitrogens with one attached hydrogen (secondary N) is 1. The summed E-state index contributed by atoms with van der Waals surface area (Å²) in [5, 5.41) is 2.96. The maximum Gasteiger partial charge on any atom is 0.115 e. The van der Waals surface area contributed by atoms with Gasteiger partial charge >= 0.3 is 0 Å². The van der Waals surface area contributed by atoms with Crippen LogP contribution in [0.25, 0.3) is 6.08 Å². The van der Waals surface area contributed by atoms with Crippen molar-refractivity contribution in [1.82, 2.24) is 4.98 Å². The molecule has 10 heavy (non-hydrogen) atoms. The molecule has 2 heteroatoms. The van der Waals surface area contributed by atoms with Crippen molar-refractivity contribution in [2.45, 2.75) is 0 Å². The molecular weight excluding hydrogens is 124 g/mol. The Morgan fingerprint density at radius 2 is 2.50 bits per heavy atom. The zero-order valence-corrected chi connectivity index (χ0v) is 5.33. The van der Waals surface area contributed by atoms with Crippen LogP contribution in [0.2, 0.25) is 0 Å². The third-order valence-corrected chi connectivity index (χ3v) is 1.41. The Morgan fingerprint density at radius 1 is 1.50 bits per heavy atom. The quantitative estimate of drug-likeness (QED) is 0.576. The molecule has 0 aromatic carbocycles. The molecule has 1 aromatic rings. The van der Waals surface area contributed by atoms with Crippen LogP contribution in [-0.4, -0.2) is 4.98 Å². The zero-order chi connectivity index (χ0) is 6.81. The minimum atomic E-state index is 1.02. The highest BCUT2D eigenvalue weighted by molar-refractivity contribution is 5.70. The normalized spacial score (nSPS) is 14.0. The standard InChI is InChI=1S/C8H6N2/c1-2-7-3-5-9-6-8(7)10-4-1/h1-3,5-6,10H. The molecule has 0 bridgehead atoms. The summed E-state index contributed by atoms with van der Waals surface area (Å²) in [4.78, 5) is 3.96. The number of nitrogens with zero attached hydrogens (tertiary/aromatic N) is 1. The van der Waals surface area contributed by atoms with Gasteiger partial charge in [0.1, 0.15) is 6.54 Å². The van der Waals surface area contributed by atoms with Crippen LogP contribution in [0.15, 0.2) is 24.5 Å². The highest BCUT2D eigenvalue weighted by Gasteiger charge is 2.00. The molecule has 1 aliphatic heterocycles. The molecule has 1 N–H and O–H groups in total. The van der Waals surface area contributed by atoms with Crippen molar-refractivity contribution in [2.24, 2.45) is 0 Å². The van der Waals surface area contributed by atoms with E-state index in [0.29, 0.717) is 0 Å². The lowest BCUT2D eigenvalue weighted by atomic mass is 10.2. The Bertz CT molecular complexity index is 266. The van der Waals surface area contributed by atoms with Gasteiger partial charge in [0.05, 0.1) is 11.9 Å². The number of pyridine rings is 1. The van der Waals surface area contributed by atoms with Crippen LogP contribution in [0.5, 0.6) is 0 Å². The van der Waals surface area contributed by atoms with E-state index in [9.17, 15) is 0 Å². The van der Waals surface area contributed by atoms with Gasteiger partial charge in [-0.2, -0.15) is 0 Å². The summed E-state index contributed by atoms with van der Waals surface area (Å²) < 4.78 is 0. The largest absolute Gasteiger partial charge is 0.369 e. The fourth-order valence-corrected chi connectivity index (χ4v) is 0.906. The smallest absolute Gasteiger partial charge is 0.115 e. The third-order valence-electron chi connectivity index (χ3n) is 1.41. The molecule has 0 saturated heterocycles. The number of hydrogen-bond acceptors (Lipinski definition) is 2. The molecule has 0 unspecified atom stereocenters. The Kier molecular flexibility index (Phi) is 1.17. The number of hydrogen-bond donors (Lipinski definition) is 1. The summed E-state index contributed by atoms with van der Waals surface area (Å²) in [5.74, 6) is 0. The molecule has 0 atom stereocenters. The van der Waals surface area contributed by atoms with Crippen LogP contribution in [0.1, 0.15) is 5.56 Å². The molecule has 48 valence electrons.